The molecule has 0 aliphatic carbocycles. The van der Waals surface area contributed by atoms with Gasteiger partial charge in [-0.2, -0.15) is 0 Å². The number of benzene rings is 2. The van der Waals surface area contributed by atoms with Gasteiger partial charge in [0.25, 0.3) is 0 Å². The van der Waals surface area contributed by atoms with E-state index in [9.17, 15) is 13.2 Å². The van der Waals surface area contributed by atoms with Crippen molar-refractivity contribution in [3.63, 3.8) is 0 Å². The fourth-order valence-electron chi connectivity index (χ4n) is 2.48. The average molecular weight is 349 g/mol. The number of hydrogen-bond acceptors (Lipinski definition) is 4. The van der Waals surface area contributed by atoms with Crippen molar-refractivity contribution >= 4 is 32.4 Å². The van der Waals surface area contributed by atoms with Crippen molar-refractivity contribution in [2.45, 2.75) is 18.2 Å². The van der Waals surface area contributed by atoms with Crippen molar-refractivity contribution in [2.24, 2.45) is 0 Å². The zero-order valence-corrected chi connectivity index (χ0v) is 15.0. The summed E-state index contributed by atoms with van der Waals surface area (Å²) in [5.74, 6) is -0.102. The minimum atomic E-state index is -3.65. The molecule has 130 valence electrons. The molecule has 0 spiro atoms. The first kappa shape index (κ1) is 18.2. The fourth-order valence-corrected chi connectivity index (χ4v) is 3.73. The van der Waals surface area contributed by atoms with E-state index in [-0.39, 0.29) is 23.9 Å². The second-order valence-corrected chi connectivity index (χ2v) is 7.36. The topological polar surface area (TPSA) is 78.5 Å². The van der Waals surface area contributed by atoms with Gasteiger partial charge in [-0.15, -0.1) is 0 Å². The summed E-state index contributed by atoms with van der Waals surface area (Å²) in [6, 6.07) is 10.8. The van der Waals surface area contributed by atoms with Gasteiger partial charge in [0.2, 0.25) is 15.9 Å². The molecule has 0 atom stereocenters. The van der Waals surface area contributed by atoms with E-state index in [4.69, 9.17) is 0 Å². The largest absolute Gasteiger partial charge is 0.377 e. The molecular formula is C17H23N3O3S. The van der Waals surface area contributed by atoms with Crippen LogP contribution in [0.2, 0.25) is 0 Å². The van der Waals surface area contributed by atoms with Crippen LogP contribution in [0.4, 0.5) is 5.69 Å². The van der Waals surface area contributed by atoms with E-state index in [1.807, 2.05) is 37.2 Å². The highest BCUT2D eigenvalue weighted by Crippen LogP contribution is 2.29. The molecule has 0 unspecified atom stereocenters. The van der Waals surface area contributed by atoms with Crippen LogP contribution >= 0.6 is 0 Å². The Bertz CT molecular complexity index is 832. The predicted octanol–water partition coefficient (Wildman–Crippen LogP) is 1.71. The highest BCUT2D eigenvalue weighted by molar-refractivity contribution is 7.89. The van der Waals surface area contributed by atoms with Gasteiger partial charge in [-0.25, -0.2) is 13.1 Å². The Morgan fingerprint density at radius 2 is 1.71 bits per heavy atom. The quantitative estimate of drug-likeness (QED) is 0.746. The monoisotopic (exact) mass is 349 g/mol. The molecule has 2 aromatic carbocycles. The Hall–Kier alpha value is -2.12. The molecule has 0 heterocycles. The van der Waals surface area contributed by atoms with E-state index >= 15 is 0 Å². The summed E-state index contributed by atoms with van der Waals surface area (Å²) in [7, 11) is 0.189. The highest BCUT2D eigenvalue weighted by Gasteiger charge is 2.18. The van der Waals surface area contributed by atoms with Crippen molar-refractivity contribution in [2.75, 3.05) is 32.1 Å². The molecule has 6 nitrogen and oxygen atoms in total. The first-order valence-corrected chi connectivity index (χ1v) is 9.30. The van der Waals surface area contributed by atoms with Gasteiger partial charge in [0.15, 0.2) is 0 Å². The SMILES string of the molecule is CCC(=O)NCCNS(=O)(=O)c1cccc2c(N(C)C)cccc12. The van der Waals surface area contributed by atoms with Crippen LogP contribution in [0.3, 0.4) is 0 Å². The van der Waals surface area contributed by atoms with Crippen molar-refractivity contribution in [3.8, 4) is 0 Å². The molecular weight excluding hydrogens is 326 g/mol. The van der Waals surface area contributed by atoms with Crippen LogP contribution in [0, 0.1) is 0 Å². The number of anilines is 1. The number of hydrogen-bond donors (Lipinski definition) is 2. The van der Waals surface area contributed by atoms with Gasteiger partial charge >= 0.3 is 0 Å². The zero-order chi connectivity index (χ0) is 17.7. The lowest BCUT2D eigenvalue weighted by atomic mass is 10.1. The van der Waals surface area contributed by atoms with E-state index in [1.165, 1.54) is 0 Å². The Balaban J connectivity index is 2.27. The van der Waals surface area contributed by atoms with Crippen LogP contribution in [0.5, 0.6) is 0 Å². The van der Waals surface area contributed by atoms with Crippen LogP contribution in [0.25, 0.3) is 10.8 Å². The average Bonchev–Trinajstić information content (AvgIpc) is 2.57. The van der Waals surface area contributed by atoms with E-state index in [2.05, 4.69) is 10.0 Å². The summed E-state index contributed by atoms with van der Waals surface area (Å²) in [5.41, 5.74) is 0.958. The van der Waals surface area contributed by atoms with Gasteiger partial charge < -0.3 is 10.2 Å². The summed E-state index contributed by atoms with van der Waals surface area (Å²) >= 11 is 0. The van der Waals surface area contributed by atoms with E-state index in [0.717, 1.165) is 11.1 Å². The molecule has 2 rings (SSSR count). The van der Waals surface area contributed by atoms with Crippen LogP contribution in [-0.4, -0.2) is 41.5 Å². The van der Waals surface area contributed by atoms with Crippen LogP contribution in [-0.2, 0) is 14.8 Å². The Kier molecular flexibility index (Phi) is 5.80. The number of nitrogens with one attached hydrogen (secondary N) is 2. The first-order valence-electron chi connectivity index (χ1n) is 7.82. The third-order valence-electron chi connectivity index (χ3n) is 3.69. The first-order chi connectivity index (χ1) is 11.4. The minimum Gasteiger partial charge on any atom is -0.377 e. The van der Waals surface area contributed by atoms with Gasteiger partial charge in [0.1, 0.15) is 0 Å². The smallest absolute Gasteiger partial charge is 0.241 e. The lowest BCUT2D eigenvalue weighted by Crippen LogP contribution is -2.34. The standard InChI is InChI=1S/C17H23N3O3S/c1-4-17(21)18-11-12-19-24(22,23)16-10-6-7-13-14(16)8-5-9-15(13)20(2)3/h5-10,19H,4,11-12H2,1-3H3,(H,18,21). The molecule has 0 aromatic heterocycles. The van der Waals surface area contributed by atoms with Gasteiger partial charge in [0, 0.05) is 50.1 Å². The van der Waals surface area contributed by atoms with Crippen molar-refractivity contribution in [3.05, 3.63) is 36.4 Å². The number of carbonyl (C=O) groups is 1. The zero-order valence-electron chi connectivity index (χ0n) is 14.2. The molecule has 0 fully saturated rings. The van der Waals surface area contributed by atoms with Crippen LogP contribution in [0.1, 0.15) is 13.3 Å². The van der Waals surface area contributed by atoms with Gasteiger partial charge in [-0.05, 0) is 12.1 Å². The summed E-state index contributed by atoms with van der Waals surface area (Å²) in [6.45, 7) is 2.16. The normalized spacial score (nSPS) is 11.5. The molecule has 2 N–H and O–H groups in total. The van der Waals surface area contributed by atoms with Crippen molar-refractivity contribution in [1.82, 2.24) is 10.0 Å². The molecule has 0 aliphatic heterocycles. The fraction of sp³-hybridized carbons (Fsp3) is 0.353. The molecule has 7 heteroatoms. The summed E-state index contributed by atoms with van der Waals surface area (Å²) in [5, 5.41) is 4.20. The van der Waals surface area contributed by atoms with Gasteiger partial charge in [-0.1, -0.05) is 31.2 Å². The molecule has 0 saturated heterocycles. The summed E-state index contributed by atoms with van der Waals surface area (Å²) in [4.78, 5) is 13.4. The molecule has 0 bridgehead atoms. The van der Waals surface area contributed by atoms with Crippen LogP contribution in [0.15, 0.2) is 41.3 Å². The van der Waals surface area contributed by atoms with E-state index < -0.39 is 10.0 Å². The van der Waals surface area contributed by atoms with Gasteiger partial charge in [0.05, 0.1) is 4.90 Å². The van der Waals surface area contributed by atoms with Crippen molar-refractivity contribution < 1.29 is 13.2 Å². The van der Waals surface area contributed by atoms with Crippen LogP contribution < -0.4 is 14.9 Å². The molecule has 0 aliphatic rings. The molecule has 1 amide bonds. The maximum absolute atomic E-state index is 12.6. The van der Waals surface area contributed by atoms with E-state index in [0.29, 0.717) is 11.8 Å². The maximum atomic E-state index is 12.6. The number of carbonyl (C=O) groups excluding carboxylic acids is 1. The third kappa shape index (κ3) is 4.04. The molecule has 2 aromatic rings. The Morgan fingerprint density at radius 1 is 1.04 bits per heavy atom. The molecule has 0 radical (unpaired) electrons. The summed E-state index contributed by atoms with van der Waals surface area (Å²) in [6.07, 6.45) is 0.378. The molecule has 0 saturated carbocycles. The second kappa shape index (κ2) is 7.63. The van der Waals surface area contributed by atoms with Gasteiger partial charge in [-0.3, -0.25) is 4.79 Å². The highest BCUT2D eigenvalue weighted by atomic mass is 32.2. The number of sulfonamides is 1. The lowest BCUT2D eigenvalue weighted by Gasteiger charge is -2.17. The predicted molar refractivity (Wildman–Crippen MR) is 96.8 cm³/mol. The molecule has 24 heavy (non-hydrogen) atoms. The minimum absolute atomic E-state index is 0.102. The second-order valence-electron chi connectivity index (χ2n) is 5.62. The number of amides is 1. The Labute approximate surface area is 142 Å². The number of rotatable bonds is 7. The number of fused-ring (bicyclic) bond motifs is 1. The maximum Gasteiger partial charge on any atom is 0.241 e. The Morgan fingerprint density at radius 3 is 2.38 bits per heavy atom. The number of nitrogens with zero attached hydrogens (tertiary/aromatic N) is 1. The summed E-state index contributed by atoms with van der Waals surface area (Å²) < 4.78 is 27.7. The van der Waals surface area contributed by atoms with Crippen molar-refractivity contribution in [1.29, 1.82) is 0 Å². The van der Waals surface area contributed by atoms with E-state index in [1.54, 1.807) is 25.1 Å². The lowest BCUT2D eigenvalue weighted by molar-refractivity contribution is -0.120. The third-order valence-corrected chi connectivity index (χ3v) is 5.21.